The smallest absolute Gasteiger partial charge is 0.333 e. The van der Waals surface area contributed by atoms with Gasteiger partial charge < -0.3 is 14.8 Å². The minimum atomic E-state index is -2.71. The van der Waals surface area contributed by atoms with Crippen molar-refractivity contribution in [2.45, 2.75) is 33.4 Å². The largest absolute Gasteiger partial charge is 0.491 e. The Morgan fingerprint density at radius 2 is 1.92 bits per heavy atom. The van der Waals surface area contributed by atoms with Crippen LogP contribution in [0.1, 0.15) is 29.1 Å². The number of aromatic nitrogens is 2. The predicted octanol–water partition coefficient (Wildman–Crippen LogP) is 2.78. The summed E-state index contributed by atoms with van der Waals surface area (Å²) >= 11 is 0. The van der Waals surface area contributed by atoms with Gasteiger partial charge in [-0.15, -0.1) is 0 Å². The van der Waals surface area contributed by atoms with Crippen molar-refractivity contribution in [1.82, 2.24) is 15.1 Å². The lowest BCUT2D eigenvalue weighted by molar-refractivity contribution is -0.120. The van der Waals surface area contributed by atoms with E-state index in [4.69, 9.17) is 9.47 Å². The zero-order valence-electron chi connectivity index (χ0n) is 15.1. The van der Waals surface area contributed by atoms with E-state index in [1.807, 2.05) is 24.3 Å². The second-order valence-electron chi connectivity index (χ2n) is 5.81. The number of nitrogens with one attached hydrogen (secondary N) is 1. The van der Waals surface area contributed by atoms with Crippen molar-refractivity contribution in [3.63, 3.8) is 0 Å². The summed E-state index contributed by atoms with van der Waals surface area (Å²) in [4.78, 5) is 12.1. The highest BCUT2D eigenvalue weighted by Gasteiger charge is 2.19. The van der Waals surface area contributed by atoms with Crippen LogP contribution >= 0.6 is 0 Å². The molecule has 0 bridgehead atoms. The maximum absolute atomic E-state index is 12.8. The van der Waals surface area contributed by atoms with E-state index in [2.05, 4.69) is 10.4 Å². The van der Waals surface area contributed by atoms with Gasteiger partial charge in [0.2, 0.25) is 5.91 Å². The van der Waals surface area contributed by atoms with Gasteiger partial charge in [0.1, 0.15) is 12.4 Å². The summed E-state index contributed by atoms with van der Waals surface area (Å²) < 4.78 is 36.7. The topological polar surface area (TPSA) is 65.4 Å². The summed E-state index contributed by atoms with van der Waals surface area (Å²) in [5, 5.41) is 6.57. The van der Waals surface area contributed by atoms with Gasteiger partial charge in [0, 0.05) is 24.9 Å². The fraction of sp³-hybridized carbons (Fsp3) is 0.444. The zero-order valence-corrected chi connectivity index (χ0v) is 15.1. The molecule has 0 spiro atoms. The van der Waals surface area contributed by atoms with Gasteiger partial charge in [-0.1, -0.05) is 12.1 Å². The van der Waals surface area contributed by atoms with E-state index in [1.54, 1.807) is 14.0 Å². The molecule has 0 atom stereocenters. The van der Waals surface area contributed by atoms with E-state index < -0.39 is 6.55 Å². The summed E-state index contributed by atoms with van der Waals surface area (Å²) in [5.74, 6) is 0.480. The Balaban J connectivity index is 1.87. The molecule has 0 unspecified atom stereocenters. The third kappa shape index (κ3) is 5.26. The second kappa shape index (κ2) is 9.28. The number of halogens is 2. The van der Waals surface area contributed by atoms with E-state index in [1.165, 1.54) is 6.92 Å². The Kier molecular flexibility index (Phi) is 7.08. The van der Waals surface area contributed by atoms with Crippen molar-refractivity contribution in [2.75, 3.05) is 20.3 Å². The molecule has 8 heteroatoms. The van der Waals surface area contributed by atoms with Crippen LogP contribution in [0.15, 0.2) is 24.3 Å². The second-order valence-corrected chi connectivity index (χ2v) is 5.81. The fourth-order valence-corrected chi connectivity index (χ4v) is 2.51. The molecule has 0 fully saturated rings. The number of amides is 1. The van der Waals surface area contributed by atoms with E-state index in [-0.39, 0.29) is 12.3 Å². The molecule has 0 aliphatic rings. The lowest BCUT2D eigenvalue weighted by atomic mass is 10.1. The van der Waals surface area contributed by atoms with Crippen LogP contribution in [0, 0.1) is 13.8 Å². The van der Waals surface area contributed by atoms with E-state index in [9.17, 15) is 13.6 Å². The number of carbonyl (C=O) groups is 1. The average molecular weight is 367 g/mol. The van der Waals surface area contributed by atoms with E-state index in [0.29, 0.717) is 41.4 Å². The van der Waals surface area contributed by atoms with Crippen molar-refractivity contribution < 1.29 is 23.0 Å². The van der Waals surface area contributed by atoms with Gasteiger partial charge in [-0.2, -0.15) is 13.9 Å². The van der Waals surface area contributed by atoms with Gasteiger partial charge in [-0.05, 0) is 31.5 Å². The van der Waals surface area contributed by atoms with Crippen molar-refractivity contribution >= 4 is 5.91 Å². The maximum Gasteiger partial charge on any atom is 0.333 e. The SMILES string of the molecule is COCCOc1ccc(CNC(=O)Cc2c(C)nn(C(F)F)c2C)cc1. The Labute approximate surface area is 151 Å². The highest BCUT2D eigenvalue weighted by atomic mass is 19.3. The molecule has 6 nitrogen and oxygen atoms in total. The predicted molar refractivity (Wildman–Crippen MR) is 92.3 cm³/mol. The highest BCUT2D eigenvalue weighted by Crippen LogP contribution is 2.19. The molecular formula is C18H23F2N3O3. The van der Waals surface area contributed by atoms with E-state index in [0.717, 1.165) is 11.3 Å². The number of rotatable bonds is 9. The van der Waals surface area contributed by atoms with Crippen LogP contribution in [0.5, 0.6) is 5.75 Å². The number of aryl methyl sites for hydroxylation is 1. The Hall–Kier alpha value is -2.48. The van der Waals surface area contributed by atoms with Crippen molar-refractivity contribution in [1.29, 1.82) is 0 Å². The Morgan fingerprint density at radius 3 is 2.50 bits per heavy atom. The summed E-state index contributed by atoms with van der Waals surface area (Å²) in [6.45, 7) is 1.78. The number of hydrogen-bond donors (Lipinski definition) is 1. The number of alkyl halides is 2. The first-order valence-electron chi connectivity index (χ1n) is 8.22. The molecule has 2 aromatic rings. The van der Waals surface area contributed by atoms with Crippen LogP contribution in [0.3, 0.4) is 0 Å². The molecule has 0 saturated carbocycles. The van der Waals surface area contributed by atoms with Crippen molar-refractivity contribution in [2.24, 2.45) is 0 Å². The molecule has 2 rings (SSSR count). The third-order valence-electron chi connectivity index (χ3n) is 3.97. The summed E-state index contributed by atoms with van der Waals surface area (Å²) in [6, 6.07) is 7.34. The molecule has 0 aliphatic carbocycles. The monoisotopic (exact) mass is 367 g/mol. The van der Waals surface area contributed by atoms with Gasteiger partial charge in [0.05, 0.1) is 18.7 Å². The molecular weight excluding hydrogens is 344 g/mol. The van der Waals surface area contributed by atoms with Crippen LogP contribution in [0.4, 0.5) is 8.78 Å². The van der Waals surface area contributed by atoms with Crippen molar-refractivity contribution in [3.05, 3.63) is 46.8 Å². The fourth-order valence-electron chi connectivity index (χ4n) is 2.51. The van der Waals surface area contributed by atoms with Crippen LogP contribution < -0.4 is 10.1 Å². The van der Waals surface area contributed by atoms with Crippen LogP contribution in [-0.2, 0) is 22.5 Å². The van der Waals surface area contributed by atoms with Crippen LogP contribution in [0.25, 0.3) is 0 Å². The van der Waals surface area contributed by atoms with Crippen LogP contribution in [0.2, 0.25) is 0 Å². The first-order valence-corrected chi connectivity index (χ1v) is 8.22. The van der Waals surface area contributed by atoms with E-state index >= 15 is 0 Å². The van der Waals surface area contributed by atoms with Gasteiger partial charge in [0.15, 0.2) is 0 Å². The zero-order chi connectivity index (χ0) is 19.1. The Bertz CT molecular complexity index is 730. The van der Waals surface area contributed by atoms with Gasteiger partial charge in [0.25, 0.3) is 0 Å². The number of ether oxygens (including phenoxy) is 2. The van der Waals surface area contributed by atoms with Crippen LogP contribution in [-0.4, -0.2) is 36.0 Å². The molecule has 0 saturated heterocycles. The lowest BCUT2D eigenvalue weighted by Crippen LogP contribution is -2.25. The minimum absolute atomic E-state index is 0.0165. The third-order valence-corrected chi connectivity index (χ3v) is 3.97. The Morgan fingerprint density at radius 1 is 1.23 bits per heavy atom. The summed E-state index contributed by atoms with van der Waals surface area (Å²) in [5.41, 5.74) is 2.19. The highest BCUT2D eigenvalue weighted by molar-refractivity contribution is 5.79. The first-order chi connectivity index (χ1) is 12.4. The average Bonchev–Trinajstić information content (AvgIpc) is 2.89. The van der Waals surface area contributed by atoms with Gasteiger partial charge in [-0.25, -0.2) is 4.68 Å². The number of carbonyl (C=O) groups excluding carboxylic acids is 1. The molecule has 0 aliphatic heterocycles. The number of hydrogen-bond acceptors (Lipinski definition) is 4. The summed E-state index contributed by atoms with van der Waals surface area (Å²) in [6.07, 6.45) is 0.0165. The van der Waals surface area contributed by atoms with Gasteiger partial charge in [-0.3, -0.25) is 4.79 Å². The lowest BCUT2D eigenvalue weighted by Gasteiger charge is -2.08. The molecule has 1 heterocycles. The molecule has 0 radical (unpaired) electrons. The number of nitrogens with zero attached hydrogens (tertiary/aromatic N) is 2. The standard InChI is InChI=1S/C18H23F2N3O3/c1-12-16(13(2)23(22-12)18(19)20)10-17(24)21-11-14-4-6-15(7-5-14)26-9-8-25-3/h4-7,18H,8-11H2,1-3H3,(H,21,24). The van der Waals surface area contributed by atoms with Gasteiger partial charge >= 0.3 is 6.55 Å². The summed E-state index contributed by atoms with van der Waals surface area (Å²) in [7, 11) is 1.61. The number of benzene rings is 1. The first kappa shape index (κ1) is 19.8. The molecule has 1 N–H and O–H groups in total. The minimum Gasteiger partial charge on any atom is -0.491 e. The molecule has 26 heavy (non-hydrogen) atoms. The molecule has 1 amide bonds. The normalized spacial score (nSPS) is 11.0. The quantitative estimate of drug-likeness (QED) is 0.692. The molecule has 1 aromatic carbocycles. The van der Waals surface area contributed by atoms with Crippen molar-refractivity contribution in [3.8, 4) is 5.75 Å². The molecule has 142 valence electrons. The molecule has 1 aromatic heterocycles. The maximum atomic E-state index is 12.8. The number of methoxy groups -OCH3 is 1.